The summed E-state index contributed by atoms with van der Waals surface area (Å²) in [4.78, 5) is 0. The summed E-state index contributed by atoms with van der Waals surface area (Å²) in [6.45, 7) is 2.04. The van der Waals surface area contributed by atoms with E-state index in [9.17, 15) is 13.2 Å². The van der Waals surface area contributed by atoms with E-state index < -0.39 is 11.7 Å². The van der Waals surface area contributed by atoms with E-state index in [0.29, 0.717) is 5.69 Å². The van der Waals surface area contributed by atoms with Crippen molar-refractivity contribution in [1.29, 1.82) is 0 Å². The van der Waals surface area contributed by atoms with Crippen LogP contribution in [-0.4, -0.2) is 15.0 Å². The molecule has 0 aliphatic rings. The topological polar surface area (TPSA) is 42.7 Å². The van der Waals surface area contributed by atoms with E-state index >= 15 is 0 Å². The van der Waals surface area contributed by atoms with Crippen molar-refractivity contribution in [2.75, 3.05) is 5.32 Å². The molecule has 0 unspecified atom stereocenters. The van der Waals surface area contributed by atoms with Crippen molar-refractivity contribution in [3.63, 3.8) is 0 Å². The minimum absolute atomic E-state index is 0.181. The third-order valence-corrected chi connectivity index (χ3v) is 3.78. The molecule has 2 aromatic carbocycles. The number of rotatable bonds is 5. The van der Waals surface area contributed by atoms with Crippen LogP contribution in [0.25, 0.3) is 11.0 Å². The molecule has 126 valence electrons. The Labute approximate surface area is 137 Å². The smallest absolute Gasteiger partial charge is 0.364 e. The predicted molar refractivity (Wildman–Crippen MR) is 86.5 cm³/mol. The monoisotopic (exact) mass is 334 g/mol. The summed E-state index contributed by atoms with van der Waals surface area (Å²) >= 11 is 0. The number of hydrogen-bond donors (Lipinski definition) is 1. The third kappa shape index (κ3) is 3.34. The lowest BCUT2D eigenvalue weighted by atomic mass is 10.2. The van der Waals surface area contributed by atoms with Crippen LogP contribution >= 0.6 is 0 Å². The summed E-state index contributed by atoms with van der Waals surface area (Å²) in [5.74, 6) is 0. The normalized spacial score (nSPS) is 13.2. The Kier molecular flexibility index (Phi) is 4.42. The molecule has 0 aliphatic carbocycles. The van der Waals surface area contributed by atoms with Gasteiger partial charge >= 0.3 is 6.18 Å². The molecular formula is C17H17F3N4. The van der Waals surface area contributed by atoms with Crippen molar-refractivity contribution in [2.24, 2.45) is 0 Å². The van der Waals surface area contributed by atoms with Gasteiger partial charge in [0.1, 0.15) is 11.7 Å². The quantitative estimate of drug-likeness (QED) is 0.724. The van der Waals surface area contributed by atoms with Crippen LogP contribution in [0.4, 0.5) is 18.9 Å². The van der Waals surface area contributed by atoms with Crippen molar-refractivity contribution in [3.8, 4) is 0 Å². The molecule has 7 heteroatoms. The summed E-state index contributed by atoms with van der Waals surface area (Å²) in [7, 11) is 0. The minimum atomic E-state index is -4.33. The second-order valence-corrected chi connectivity index (χ2v) is 5.55. The zero-order chi connectivity index (χ0) is 17.2. The average molecular weight is 334 g/mol. The maximum atomic E-state index is 12.7. The fourth-order valence-corrected chi connectivity index (χ4v) is 2.59. The van der Waals surface area contributed by atoms with Gasteiger partial charge in [-0.15, -0.1) is 5.10 Å². The number of halogens is 3. The molecule has 3 aromatic rings. The van der Waals surface area contributed by atoms with Crippen molar-refractivity contribution in [3.05, 3.63) is 54.1 Å². The van der Waals surface area contributed by atoms with Gasteiger partial charge in [0.05, 0.1) is 11.1 Å². The Balaban J connectivity index is 1.87. The highest BCUT2D eigenvalue weighted by atomic mass is 19.4. The second kappa shape index (κ2) is 6.51. The zero-order valence-electron chi connectivity index (χ0n) is 13.1. The molecule has 0 radical (unpaired) electrons. The molecule has 0 aliphatic heterocycles. The summed E-state index contributed by atoms with van der Waals surface area (Å²) in [6.07, 6.45) is -2.84. The fourth-order valence-electron chi connectivity index (χ4n) is 2.59. The predicted octanol–water partition coefficient (Wildman–Crippen LogP) is 4.86. The average Bonchev–Trinajstić information content (AvgIpc) is 2.98. The molecule has 0 spiro atoms. The molecule has 1 heterocycles. The third-order valence-electron chi connectivity index (χ3n) is 3.78. The SMILES string of the molecule is CCC[C@@H](Nc1ccc(C(F)(F)F)cc1)n1nnc2ccccc21. The van der Waals surface area contributed by atoms with Gasteiger partial charge in [-0.3, -0.25) is 0 Å². The lowest BCUT2D eigenvalue weighted by Gasteiger charge is -2.20. The van der Waals surface area contributed by atoms with Gasteiger partial charge in [-0.1, -0.05) is 30.7 Å². The molecule has 4 nitrogen and oxygen atoms in total. The van der Waals surface area contributed by atoms with E-state index in [1.807, 2.05) is 31.2 Å². The molecule has 24 heavy (non-hydrogen) atoms. The highest BCUT2D eigenvalue weighted by molar-refractivity contribution is 5.74. The number of nitrogens with one attached hydrogen (secondary N) is 1. The maximum absolute atomic E-state index is 12.7. The molecule has 0 saturated heterocycles. The first-order valence-corrected chi connectivity index (χ1v) is 7.73. The molecule has 0 saturated carbocycles. The summed E-state index contributed by atoms with van der Waals surface area (Å²) in [5, 5.41) is 11.6. The Hall–Kier alpha value is -2.57. The zero-order valence-corrected chi connectivity index (χ0v) is 13.1. The van der Waals surface area contributed by atoms with E-state index in [1.54, 1.807) is 4.68 Å². The van der Waals surface area contributed by atoms with Crippen LogP contribution < -0.4 is 5.32 Å². The Morgan fingerprint density at radius 2 is 1.79 bits per heavy atom. The molecule has 0 fully saturated rings. The number of aromatic nitrogens is 3. The molecule has 1 atom stereocenters. The van der Waals surface area contributed by atoms with Crippen LogP contribution in [0, 0.1) is 0 Å². The molecule has 1 aromatic heterocycles. The van der Waals surface area contributed by atoms with Gasteiger partial charge < -0.3 is 5.32 Å². The lowest BCUT2D eigenvalue weighted by molar-refractivity contribution is -0.137. The van der Waals surface area contributed by atoms with Crippen molar-refractivity contribution in [1.82, 2.24) is 15.0 Å². The number of para-hydroxylation sites is 1. The van der Waals surface area contributed by atoms with Gasteiger partial charge in [0.15, 0.2) is 0 Å². The van der Waals surface area contributed by atoms with E-state index in [1.165, 1.54) is 12.1 Å². The Bertz CT molecular complexity index is 809. The Morgan fingerprint density at radius 1 is 1.08 bits per heavy atom. The number of nitrogens with zero attached hydrogens (tertiary/aromatic N) is 3. The summed E-state index contributed by atoms with van der Waals surface area (Å²) in [5.41, 5.74) is 1.62. The molecule has 0 bridgehead atoms. The highest BCUT2D eigenvalue weighted by Crippen LogP contribution is 2.30. The summed E-state index contributed by atoms with van der Waals surface area (Å²) < 4.78 is 39.7. The van der Waals surface area contributed by atoms with Gasteiger partial charge in [-0.05, 0) is 42.8 Å². The number of benzene rings is 2. The molecular weight excluding hydrogens is 317 g/mol. The van der Waals surface area contributed by atoms with Gasteiger partial charge in [0, 0.05) is 5.69 Å². The van der Waals surface area contributed by atoms with Crippen molar-refractivity contribution in [2.45, 2.75) is 32.1 Å². The first kappa shape index (κ1) is 16.3. The van der Waals surface area contributed by atoms with E-state index in [0.717, 1.165) is 36.0 Å². The largest absolute Gasteiger partial charge is 0.416 e. The van der Waals surface area contributed by atoms with Gasteiger partial charge in [0.25, 0.3) is 0 Å². The van der Waals surface area contributed by atoms with E-state index in [-0.39, 0.29) is 6.17 Å². The van der Waals surface area contributed by atoms with Gasteiger partial charge in [0.2, 0.25) is 0 Å². The van der Waals surface area contributed by atoms with Crippen LogP contribution in [0.1, 0.15) is 31.5 Å². The molecule has 0 amide bonds. The van der Waals surface area contributed by atoms with Crippen LogP contribution in [0.15, 0.2) is 48.5 Å². The Morgan fingerprint density at radius 3 is 2.46 bits per heavy atom. The maximum Gasteiger partial charge on any atom is 0.416 e. The van der Waals surface area contributed by atoms with Crippen LogP contribution in [0.2, 0.25) is 0 Å². The number of anilines is 1. The van der Waals surface area contributed by atoms with Crippen molar-refractivity contribution >= 4 is 16.7 Å². The number of fused-ring (bicyclic) bond motifs is 1. The number of alkyl halides is 3. The van der Waals surface area contributed by atoms with Crippen LogP contribution in [0.5, 0.6) is 0 Å². The highest BCUT2D eigenvalue weighted by Gasteiger charge is 2.30. The van der Waals surface area contributed by atoms with Crippen LogP contribution in [0.3, 0.4) is 0 Å². The van der Waals surface area contributed by atoms with Crippen molar-refractivity contribution < 1.29 is 13.2 Å². The first-order valence-electron chi connectivity index (χ1n) is 7.73. The van der Waals surface area contributed by atoms with Gasteiger partial charge in [-0.25, -0.2) is 4.68 Å². The summed E-state index contributed by atoms with van der Waals surface area (Å²) in [6, 6.07) is 12.6. The second-order valence-electron chi connectivity index (χ2n) is 5.55. The standard InChI is InChI=1S/C17H17F3N4/c1-2-5-16(24-15-7-4-3-6-14(15)22-23-24)21-13-10-8-12(9-11-13)17(18,19)20/h3-4,6-11,16,21H,2,5H2,1H3/t16-/m0/s1. The fraction of sp³-hybridized carbons (Fsp3) is 0.294. The molecule has 1 N–H and O–H groups in total. The molecule has 3 rings (SSSR count). The number of hydrogen-bond acceptors (Lipinski definition) is 3. The van der Waals surface area contributed by atoms with Gasteiger partial charge in [-0.2, -0.15) is 13.2 Å². The van der Waals surface area contributed by atoms with E-state index in [4.69, 9.17) is 0 Å². The minimum Gasteiger partial charge on any atom is -0.364 e. The van der Waals surface area contributed by atoms with E-state index in [2.05, 4.69) is 15.6 Å². The lowest BCUT2D eigenvalue weighted by Crippen LogP contribution is -2.19. The first-order chi connectivity index (χ1) is 11.5. The van der Waals surface area contributed by atoms with Crippen LogP contribution in [-0.2, 0) is 6.18 Å².